The van der Waals surface area contributed by atoms with Gasteiger partial charge in [-0.25, -0.2) is 4.79 Å². The second-order valence-electron chi connectivity index (χ2n) is 5.75. The van der Waals surface area contributed by atoms with Gasteiger partial charge in [0, 0.05) is 13.0 Å². The van der Waals surface area contributed by atoms with Crippen LogP contribution in [0.15, 0.2) is 21.6 Å². The Labute approximate surface area is 151 Å². The summed E-state index contributed by atoms with van der Waals surface area (Å²) in [6.07, 6.45) is -4.79. The van der Waals surface area contributed by atoms with Crippen molar-refractivity contribution in [2.24, 2.45) is 9.96 Å². The molecule has 8 nitrogen and oxygen atoms in total. The van der Waals surface area contributed by atoms with Crippen molar-refractivity contribution in [3.8, 4) is 0 Å². The largest absolute Gasteiger partial charge is 0.466 e. The highest BCUT2D eigenvalue weighted by atomic mass is 31.2. The summed E-state index contributed by atoms with van der Waals surface area (Å²) in [5, 5.41) is 3.63. The van der Waals surface area contributed by atoms with Crippen molar-refractivity contribution < 1.29 is 27.5 Å². The van der Waals surface area contributed by atoms with Crippen LogP contribution in [0.5, 0.6) is 0 Å². The zero-order valence-electron chi connectivity index (χ0n) is 16.1. The molecule has 150 valence electrons. The zero-order valence-corrected chi connectivity index (χ0v) is 17.0. The monoisotopic (exact) mass is 399 g/mol. The molecule has 0 unspecified atom stereocenters. The average Bonchev–Trinajstić information content (AvgIpc) is 2.47. The number of alkyl halides is 3. The van der Waals surface area contributed by atoms with Gasteiger partial charge in [0.25, 0.3) is 0 Å². The Bertz CT molecular complexity index is 626. The minimum Gasteiger partial charge on any atom is -0.466 e. The smallest absolute Gasteiger partial charge is 0.418 e. The zero-order chi connectivity index (χ0) is 20.9. The molecule has 0 aromatic carbocycles. The van der Waals surface area contributed by atoms with Crippen molar-refractivity contribution >= 4 is 25.0 Å². The number of nitrogens with zero attached hydrogens (tertiary/aromatic N) is 5. The molecule has 0 heterocycles. The van der Waals surface area contributed by atoms with Crippen molar-refractivity contribution in [1.82, 2.24) is 14.0 Å². The number of carbonyl (C=O) groups excluding carboxylic acids is 2. The van der Waals surface area contributed by atoms with Gasteiger partial charge in [-0.2, -0.15) is 13.2 Å². The molecule has 26 heavy (non-hydrogen) atoms. The molecule has 0 aromatic rings. The molecule has 0 bridgehead atoms. The maximum atomic E-state index is 13.3. The van der Waals surface area contributed by atoms with Gasteiger partial charge >= 0.3 is 12.1 Å². The molecule has 0 aliphatic heterocycles. The van der Waals surface area contributed by atoms with Crippen LogP contribution < -0.4 is 0 Å². The van der Waals surface area contributed by atoms with Crippen molar-refractivity contribution in [2.45, 2.75) is 13.1 Å². The molecule has 0 aliphatic rings. The van der Waals surface area contributed by atoms with Gasteiger partial charge in [0.2, 0.25) is 0 Å². The third-order valence-corrected chi connectivity index (χ3v) is 6.78. The first-order valence-corrected chi connectivity index (χ1v) is 8.92. The predicted molar refractivity (Wildman–Crippen MR) is 94.7 cm³/mol. The Kier molecular flexibility index (Phi) is 8.84. The number of ketones is 1. The van der Waals surface area contributed by atoms with Gasteiger partial charge in [0.1, 0.15) is 5.71 Å². The van der Waals surface area contributed by atoms with Gasteiger partial charge in [-0.1, -0.05) is 0 Å². The molecule has 0 fully saturated rings. The van der Waals surface area contributed by atoms with Crippen LogP contribution in [0, 0.1) is 0 Å². The fraction of sp³-hybridized carbons (Fsp3) is 0.643. The van der Waals surface area contributed by atoms with Crippen molar-refractivity contribution in [1.29, 1.82) is 0 Å². The number of hydrogen-bond donors (Lipinski definition) is 0. The first kappa shape index (κ1) is 24.5. The van der Waals surface area contributed by atoms with Crippen molar-refractivity contribution in [3.63, 3.8) is 0 Å². The molecule has 12 heteroatoms. The number of allylic oxidation sites excluding steroid dienone is 1. The van der Waals surface area contributed by atoms with Crippen LogP contribution in [-0.4, -0.2) is 87.0 Å². The lowest BCUT2D eigenvalue weighted by Gasteiger charge is -2.39. The van der Waals surface area contributed by atoms with E-state index in [0.29, 0.717) is 0 Å². The number of methoxy groups -OCH3 is 1. The van der Waals surface area contributed by atoms with Crippen LogP contribution in [0.25, 0.3) is 0 Å². The van der Waals surface area contributed by atoms with Crippen molar-refractivity contribution in [3.05, 3.63) is 11.6 Å². The summed E-state index contributed by atoms with van der Waals surface area (Å²) in [4.78, 5) is 27.2. The third-order valence-electron chi connectivity index (χ3n) is 3.23. The van der Waals surface area contributed by atoms with Crippen LogP contribution in [0.3, 0.4) is 0 Å². The lowest BCUT2D eigenvalue weighted by molar-refractivity contribution is -0.135. The van der Waals surface area contributed by atoms with Crippen LogP contribution in [0.4, 0.5) is 13.2 Å². The molecule has 0 rings (SSSR count). The Morgan fingerprint density at radius 2 is 1.42 bits per heavy atom. The SMILES string of the molecule is COC(=O)/C=C(\C(=N\N=P(N(C)C)(N(C)C)N(C)C)C(C)=O)C(F)(F)F. The summed E-state index contributed by atoms with van der Waals surface area (Å²) in [5.74, 6) is -2.23. The van der Waals surface area contributed by atoms with Gasteiger partial charge in [0.05, 0.1) is 12.7 Å². The van der Waals surface area contributed by atoms with E-state index in [1.807, 2.05) is 0 Å². The molecule has 0 saturated carbocycles. The minimum atomic E-state index is -4.98. The maximum absolute atomic E-state index is 13.3. The Hall–Kier alpha value is -1.55. The molecular weight excluding hydrogens is 374 g/mol. The molecule has 0 saturated heterocycles. The Balaban J connectivity index is 6.76. The number of rotatable bonds is 7. The highest BCUT2D eigenvalue weighted by Gasteiger charge is 2.40. The maximum Gasteiger partial charge on any atom is 0.418 e. The number of halogens is 3. The topological polar surface area (TPSA) is 77.8 Å². The van der Waals surface area contributed by atoms with E-state index in [-0.39, 0.29) is 6.08 Å². The number of Topliss-reactive ketones (excluding diaryl/α,β-unsaturated/α-hetero) is 1. The molecule has 0 aliphatic carbocycles. The van der Waals surface area contributed by atoms with E-state index in [4.69, 9.17) is 0 Å². The van der Waals surface area contributed by atoms with Gasteiger partial charge in [-0.05, 0) is 42.3 Å². The first-order valence-electron chi connectivity index (χ1n) is 7.32. The molecule has 0 spiro atoms. The molecule has 0 N–H and O–H groups in total. The van der Waals surface area contributed by atoms with E-state index >= 15 is 0 Å². The summed E-state index contributed by atoms with van der Waals surface area (Å²) < 4.78 is 49.4. The number of ether oxygens (including phenoxy) is 1. The molecule has 0 amide bonds. The van der Waals surface area contributed by atoms with Gasteiger partial charge in [-0.15, -0.1) is 9.96 Å². The average molecular weight is 399 g/mol. The molecule has 0 radical (unpaired) electrons. The third kappa shape index (κ3) is 5.73. The molecule has 0 atom stereocenters. The summed E-state index contributed by atoms with van der Waals surface area (Å²) in [6.45, 7) is 0.923. The summed E-state index contributed by atoms with van der Waals surface area (Å²) in [5.41, 5.74) is -2.47. The molecule has 0 aromatic heterocycles. The summed E-state index contributed by atoms with van der Waals surface area (Å²) >= 11 is 0. The summed E-state index contributed by atoms with van der Waals surface area (Å²) in [6, 6.07) is 0. The van der Waals surface area contributed by atoms with E-state index in [2.05, 4.69) is 14.7 Å². The van der Waals surface area contributed by atoms with Crippen LogP contribution >= 0.6 is 7.51 Å². The van der Waals surface area contributed by atoms with Gasteiger partial charge in [-0.3, -0.25) is 18.8 Å². The Morgan fingerprint density at radius 1 is 1.00 bits per heavy atom. The van der Waals surface area contributed by atoms with Gasteiger partial charge < -0.3 is 4.74 Å². The highest BCUT2D eigenvalue weighted by molar-refractivity contribution is 7.58. The number of hydrogen-bond acceptors (Lipinski definition) is 4. The van der Waals surface area contributed by atoms with Crippen LogP contribution in [0.1, 0.15) is 6.92 Å². The quantitative estimate of drug-likeness (QED) is 0.215. The highest BCUT2D eigenvalue weighted by Crippen LogP contribution is 2.54. The fourth-order valence-corrected chi connectivity index (χ4v) is 5.03. The lowest BCUT2D eigenvalue weighted by Crippen LogP contribution is -2.31. The van der Waals surface area contributed by atoms with E-state index in [1.165, 1.54) is 0 Å². The van der Waals surface area contributed by atoms with E-state index < -0.39 is 36.7 Å². The second-order valence-corrected chi connectivity index (χ2v) is 9.40. The van der Waals surface area contributed by atoms with E-state index in [0.717, 1.165) is 14.0 Å². The standard InChI is InChI=1S/C14H25F3N5O3P/c1-10(23)13(11(14(15,16)17)9-12(24)25-8)18-19-26(20(2)3,21(4)5)22(6)7/h9H,1-8H3/b11-9+,18-13+. The predicted octanol–water partition coefficient (Wildman–Crippen LogP) is 2.22. The first-order chi connectivity index (χ1) is 11.7. The van der Waals surface area contributed by atoms with Gasteiger partial charge in [0.15, 0.2) is 13.3 Å². The second kappa shape index (κ2) is 9.40. The number of carbonyl (C=O) groups is 2. The minimum absolute atomic E-state index is 0.191. The van der Waals surface area contributed by atoms with Crippen LogP contribution in [0.2, 0.25) is 0 Å². The fourth-order valence-electron chi connectivity index (χ4n) is 2.19. The summed E-state index contributed by atoms with van der Waals surface area (Å²) in [7, 11) is 8.49. The van der Waals surface area contributed by atoms with E-state index in [9.17, 15) is 22.8 Å². The lowest BCUT2D eigenvalue weighted by atomic mass is 10.1. The molecular formula is C14H25F3N5O3P. The number of esters is 1. The van der Waals surface area contributed by atoms with Crippen molar-refractivity contribution in [2.75, 3.05) is 49.4 Å². The van der Waals surface area contributed by atoms with Crippen LogP contribution in [-0.2, 0) is 14.3 Å². The normalized spacial score (nSPS) is 14.2. The van der Waals surface area contributed by atoms with E-state index in [1.54, 1.807) is 56.3 Å². The Morgan fingerprint density at radius 3 is 1.69 bits per heavy atom.